The maximum absolute atomic E-state index is 13.6. The van der Waals surface area contributed by atoms with Gasteiger partial charge in [-0.2, -0.15) is 0 Å². The van der Waals surface area contributed by atoms with Gasteiger partial charge in [-0.05, 0) is 37.1 Å². The van der Waals surface area contributed by atoms with Crippen molar-refractivity contribution in [1.82, 2.24) is 9.88 Å². The summed E-state index contributed by atoms with van der Waals surface area (Å²) in [6, 6.07) is 6.54. The van der Waals surface area contributed by atoms with Crippen LogP contribution in [0.25, 0.3) is 0 Å². The first-order valence-corrected chi connectivity index (χ1v) is 7.11. The number of rotatable bonds is 3. The number of anilines is 2. The molecule has 4 nitrogen and oxygen atoms in total. The van der Waals surface area contributed by atoms with Crippen molar-refractivity contribution in [3.63, 3.8) is 0 Å². The first-order valence-electron chi connectivity index (χ1n) is 7.11. The molecule has 0 radical (unpaired) electrons. The van der Waals surface area contributed by atoms with E-state index in [1.165, 1.54) is 18.3 Å². The summed E-state index contributed by atoms with van der Waals surface area (Å²) in [5.41, 5.74) is 1.05. The van der Waals surface area contributed by atoms with Crippen molar-refractivity contribution in [3.05, 3.63) is 53.9 Å². The quantitative estimate of drug-likeness (QED) is 0.946. The zero-order valence-electron chi connectivity index (χ0n) is 11.9. The van der Waals surface area contributed by atoms with Crippen molar-refractivity contribution in [3.8, 4) is 0 Å². The molecule has 0 aliphatic carbocycles. The van der Waals surface area contributed by atoms with Gasteiger partial charge in [0.15, 0.2) is 0 Å². The Bertz CT molecular complexity index is 682. The van der Waals surface area contributed by atoms with E-state index in [9.17, 15) is 13.6 Å². The summed E-state index contributed by atoms with van der Waals surface area (Å²) in [5.74, 6) is -1.40. The molecule has 1 aromatic carbocycles. The highest BCUT2D eigenvalue weighted by Gasteiger charge is 2.20. The van der Waals surface area contributed by atoms with Crippen LogP contribution in [-0.2, 0) is 0 Å². The Kier molecular flexibility index (Phi) is 4.00. The van der Waals surface area contributed by atoms with Crippen molar-refractivity contribution in [1.29, 1.82) is 0 Å². The van der Waals surface area contributed by atoms with E-state index in [4.69, 9.17) is 0 Å². The Hall–Kier alpha value is -2.50. The highest BCUT2D eigenvalue weighted by molar-refractivity contribution is 5.92. The molecular weight excluding hydrogens is 288 g/mol. The second kappa shape index (κ2) is 6.09. The molecule has 1 aromatic heterocycles. The van der Waals surface area contributed by atoms with Gasteiger partial charge >= 0.3 is 0 Å². The molecule has 0 bridgehead atoms. The smallest absolute Gasteiger partial charge is 0.272 e. The zero-order valence-corrected chi connectivity index (χ0v) is 11.9. The summed E-state index contributed by atoms with van der Waals surface area (Å²) < 4.78 is 26.4. The van der Waals surface area contributed by atoms with Gasteiger partial charge in [-0.15, -0.1) is 0 Å². The molecule has 1 fully saturated rings. The Balaban J connectivity index is 1.72. The maximum Gasteiger partial charge on any atom is 0.272 e. The zero-order chi connectivity index (χ0) is 15.5. The monoisotopic (exact) mass is 303 g/mol. The molecular formula is C16H15F2N3O. The van der Waals surface area contributed by atoms with Gasteiger partial charge in [-0.3, -0.25) is 4.79 Å². The predicted octanol–water partition coefficient (Wildman–Crippen LogP) is 3.34. The first kappa shape index (κ1) is 14.4. The van der Waals surface area contributed by atoms with E-state index >= 15 is 0 Å². The van der Waals surface area contributed by atoms with Gasteiger partial charge in [-0.25, -0.2) is 13.8 Å². The van der Waals surface area contributed by atoms with Gasteiger partial charge in [0.2, 0.25) is 0 Å². The summed E-state index contributed by atoms with van der Waals surface area (Å²) in [7, 11) is 0. The van der Waals surface area contributed by atoms with Crippen LogP contribution in [0.4, 0.5) is 20.2 Å². The maximum atomic E-state index is 13.6. The van der Waals surface area contributed by atoms with E-state index in [2.05, 4.69) is 10.3 Å². The van der Waals surface area contributed by atoms with Gasteiger partial charge in [0.1, 0.15) is 17.3 Å². The second-order valence-electron chi connectivity index (χ2n) is 5.18. The minimum absolute atomic E-state index is 0.0861. The normalized spacial score (nSPS) is 14.2. The van der Waals surface area contributed by atoms with E-state index in [1.54, 1.807) is 17.0 Å². The minimum Gasteiger partial charge on any atom is -0.352 e. The molecule has 0 spiro atoms. The average molecular weight is 303 g/mol. The van der Waals surface area contributed by atoms with E-state index in [0.29, 0.717) is 11.4 Å². The Morgan fingerprint density at radius 2 is 1.91 bits per heavy atom. The van der Waals surface area contributed by atoms with Crippen molar-refractivity contribution in [2.24, 2.45) is 0 Å². The summed E-state index contributed by atoms with van der Waals surface area (Å²) in [5, 5.41) is 2.81. The third kappa shape index (κ3) is 3.05. The Morgan fingerprint density at radius 3 is 2.55 bits per heavy atom. The number of halogens is 2. The molecule has 1 aliphatic heterocycles. The first-order chi connectivity index (χ1) is 10.6. The molecule has 6 heteroatoms. The van der Waals surface area contributed by atoms with Gasteiger partial charge in [-0.1, -0.05) is 0 Å². The Morgan fingerprint density at radius 1 is 1.14 bits per heavy atom. The van der Waals surface area contributed by atoms with Crippen molar-refractivity contribution in [2.45, 2.75) is 12.8 Å². The molecule has 1 amide bonds. The van der Waals surface area contributed by atoms with Gasteiger partial charge < -0.3 is 10.2 Å². The number of likely N-dealkylation sites (tertiary alicyclic amines) is 1. The fourth-order valence-electron chi connectivity index (χ4n) is 2.42. The molecule has 114 valence electrons. The van der Waals surface area contributed by atoms with Crippen LogP contribution < -0.4 is 5.32 Å². The van der Waals surface area contributed by atoms with Crippen LogP contribution in [0.3, 0.4) is 0 Å². The molecule has 22 heavy (non-hydrogen) atoms. The number of amides is 1. The number of carbonyl (C=O) groups is 1. The third-order valence-electron chi connectivity index (χ3n) is 3.59. The summed E-state index contributed by atoms with van der Waals surface area (Å²) >= 11 is 0. The van der Waals surface area contributed by atoms with Crippen molar-refractivity contribution in [2.75, 3.05) is 18.4 Å². The second-order valence-corrected chi connectivity index (χ2v) is 5.18. The fraction of sp³-hybridized carbons (Fsp3) is 0.250. The lowest BCUT2D eigenvalue weighted by Gasteiger charge is -2.14. The van der Waals surface area contributed by atoms with Crippen molar-refractivity contribution < 1.29 is 13.6 Å². The van der Waals surface area contributed by atoms with Crippen LogP contribution in [-0.4, -0.2) is 28.9 Å². The minimum atomic E-state index is -0.683. The third-order valence-corrected chi connectivity index (χ3v) is 3.59. The molecule has 0 unspecified atom stereocenters. The van der Waals surface area contributed by atoms with E-state index < -0.39 is 11.6 Å². The van der Waals surface area contributed by atoms with Crippen LogP contribution in [0.15, 0.2) is 36.5 Å². The highest BCUT2D eigenvalue weighted by atomic mass is 19.1. The standard InChI is InChI=1S/C16H15F2N3O/c17-11-3-5-14(13(18)9-11)20-12-4-6-15(19-10-12)16(22)21-7-1-2-8-21/h3-6,9-10,20H,1-2,7-8H2. The number of aromatic nitrogens is 1. The molecule has 0 atom stereocenters. The van der Waals surface area contributed by atoms with E-state index in [0.717, 1.165) is 32.0 Å². The molecule has 3 rings (SSSR count). The number of hydrogen-bond acceptors (Lipinski definition) is 3. The van der Waals surface area contributed by atoms with Gasteiger partial charge in [0, 0.05) is 19.2 Å². The topological polar surface area (TPSA) is 45.2 Å². The molecule has 1 saturated heterocycles. The van der Waals surface area contributed by atoms with Crippen LogP contribution in [0.1, 0.15) is 23.3 Å². The lowest BCUT2D eigenvalue weighted by atomic mass is 10.2. The number of carbonyl (C=O) groups excluding carboxylic acids is 1. The number of hydrogen-bond donors (Lipinski definition) is 1. The van der Waals surface area contributed by atoms with Crippen LogP contribution in [0, 0.1) is 11.6 Å². The van der Waals surface area contributed by atoms with Gasteiger partial charge in [0.05, 0.1) is 17.6 Å². The van der Waals surface area contributed by atoms with Crippen LogP contribution in [0.2, 0.25) is 0 Å². The fourth-order valence-corrected chi connectivity index (χ4v) is 2.42. The van der Waals surface area contributed by atoms with Crippen LogP contribution >= 0.6 is 0 Å². The number of nitrogens with zero attached hydrogens (tertiary/aromatic N) is 2. The van der Waals surface area contributed by atoms with Gasteiger partial charge in [0.25, 0.3) is 5.91 Å². The molecule has 2 heterocycles. The lowest BCUT2D eigenvalue weighted by molar-refractivity contribution is 0.0787. The lowest BCUT2D eigenvalue weighted by Crippen LogP contribution is -2.28. The summed E-state index contributed by atoms with van der Waals surface area (Å²) in [6.45, 7) is 1.53. The molecule has 2 aromatic rings. The van der Waals surface area contributed by atoms with E-state index in [1.807, 2.05) is 0 Å². The highest BCUT2D eigenvalue weighted by Crippen LogP contribution is 2.20. The molecule has 0 saturated carbocycles. The molecule has 1 aliphatic rings. The predicted molar refractivity (Wildman–Crippen MR) is 79.0 cm³/mol. The SMILES string of the molecule is O=C(c1ccc(Nc2ccc(F)cc2F)cn1)N1CCCC1. The number of nitrogens with one attached hydrogen (secondary N) is 1. The van der Waals surface area contributed by atoms with Crippen LogP contribution in [0.5, 0.6) is 0 Å². The molecule has 1 N–H and O–H groups in total. The summed E-state index contributed by atoms with van der Waals surface area (Å²) in [6.07, 6.45) is 3.51. The average Bonchev–Trinajstić information content (AvgIpc) is 3.04. The number of pyridine rings is 1. The van der Waals surface area contributed by atoms with E-state index in [-0.39, 0.29) is 11.6 Å². The van der Waals surface area contributed by atoms with Crippen molar-refractivity contribution >= 4 is 17.3 Å². The Labute approximate surface area is 126 Å². The number of benzene rings is 1. The largest absolute Gasteiger partial charge is 0.352 e. The summed E-state index contributed by atoms with van der Waals surface area (Å²) in [4.78, 5) is 18.0.